The van der Waals surface area contributed by atoms with Crippen LogP contribution in [0.15, 0.2) is 182 Å². The van der Waals surface area contributed by atoms with Gasteiger partial charge >= 0.3 is 0 Å². The normalized spacial score (nSPS) is 12.8. The second-order valence-corrected chi connectivity index (χ2v) is 17.0. The molecule has 0 unspecified atom stereocenters. The Hall–Kier alpha value is -7.66. The predicted octanol–water partition coefficient (Wildman–Crippen LogP) is 9.94. The third-order valence-electron chi connectivity index (χ3n) is 12.8. The van der Waals surface area contributed by atoms with Gasteiger partial charge in [-0.3, -0.25) is 9.59 Å². The van der Waals surface area contributed by atoms with Crippen molar-refractivity contribution < 1.29 is 38.7 Å². The molecule has 0 aliphatic carbocycles. The van der Waals surface area contributed by atoms with Gasteiger partial charge < -0.3 is 39.8 Å². The lowest BCUT2D eigenvalue weighted by Crippen LogP contribution is -2.55. The number of nitrogens with one attached hydrogen (secondary N) is 2. The predicted molar refractivity (Wildman–Crippen MR) is 261 cm³/mol. The van der Waals surface area contributed by atoms with Gasteiger partial charge in [-0.2, -0.15) is 0 Å². The summed E-state index contributed by atoms with van der Waals surface area (Å²) in [7, 11) is 6.06. The van der Waals surface area contributed by atoms with Gasteiger partial charge in [-0.1, -0.05) is 146 Å². The lowest BCUT2D eigenvalue weighted by Gasteiger charge is -2.42. The molecule has 0 fully saturated rings. The van der Waals surface area contributed by atoms with E-state index in [1.165, 1.54) is 42.3 Å². The van der Waals surface area contributed by atoms with Crippen molar-refractivity contribution in [2.75, 3.05) is 28.4 Å². The summed E-state index contributed by atoms with van der Waals surface area (Å²) >= 11 is 0. The Bertz CT molecular complexity index is 2770. The number of hydrogen-bond acceptors (Lipinski definition) is 8. The highest BCUT2D eigenvalue weighted by Crippen LogP contribution is 2.50. The topological polar surface area (TPSA) is 136 Å². The van der Waals surface area contributed by atoms with Crippen LogP contribution in [0.25, 0.3) is 21.5 Å². The zero-order valence-corrected chi connectivity index (χ0v) is 38.3. The quantitative estimate of drug-likeness (QED) is 0.0705. The van der Waals surface area contributed by atoms with E-state index < -0.39 is 40.5 Å². The number of rotatable bonds is 16. The highest BCUT2D eigenvalue weighted by atomic mass is 16.5. The summed E-state index contributed by atoms with van der Waals surface area (Å²) in [6, 6.07) is 52.8. The number of methoxy groups -OCH3 is 4. The van der Waals surface area contributed by atoms with Crippen LogP contribution < -0.4 is 29.6 Å². The van der Waals surface area contributed by atoms with Crippen LogP contribution in [0.1, 0.15) is 59.3 Å². The van der Waals surface area contributed by atoms with Crippen LogP contribution in [0.3, 0.4) is 0 Å². The van der Waals surface area contributed by atoms with E-state index in [-0.39, 0.29) is 0 Å². The van der Waals surface area contributed by atoms with Crippen LogP contribution in [0.2, 0.25) is 0 Å². The Kier molecular flexibility index (Phi) is 13.0. The minimum Gasteiger partial charge on any atom is -0.496 e. The fourth-order valence-electron chi connectivity index (χ4n) is 9.11. The minimum absolute atomic E-state index is 0.345. The minimum atomic E-state index is -2.06. The zero-order valence-electron chi connectivity index (χ0n) is 38.3. The molecule has 0 saturated carbocycles. The molecule has 0 saturated heterocycles. The highest BCUT2D eigenvalue weighted by Gasteiger charge is 2.51. The van der Waals surface area contributed by atoms with Crippen LogP contribution >= 0.6 is 0 Å². The molecule has 8 aromatic carbocycles. The number of para-hydroxylation sites is 4. The van der Waals surface area contributed by atoms with Crippen molar-refractivity contribution in [1.82, 2.24) is 10.6 Å². The first kappa shape index (κ1) is 45.9. The molecule has 10 nitrogen and oxygen atoms in total. The fraction of sp³-hybridized carbons (Fsp3) is 0.193. The highest BCUT2D eigenvalue weighted by molar-refractivity contribution is 6.04. The Morgan fingerprint density at radius 2 is 0.672 bits per heavy atom. The van der Waals surface area contributed by atoms with Crippen LogP contribution in [-0.4, -0.2) is 50.5 Å². The summed E-state index contributed by atoms with van der Waals surface area (Å²) in [5.74, 6) is -0.00362. The number of carbonyl (C=O) groups is 2. The monoisotopic (exact) mass is 894 g/mol. The molecule has 2 amide bonds. The molecule has 0 bridgehead atoms. The van der Waals surface area contributed by atoms with Crippen molar-refractivity contribution in [2.24, 2.45) is 5.41 Å². The molecule has 67 heavy (non-hydrogen) atoms. The third kappa shape index (κ3) is 8.42. The van der Waals surface area contributed by atoms with Crippen molar-refractivity contribution in [3.63, 3.8) is 0 Å². The van der Waals surface area contributed by atoms with Gasteiger partial charge in [-0.05, 0) is 82.9 Å². The second-order valence-electron chi connectivity index (χ2n) is 17.0. The van der Waals surface area contributed by atoms with E-state index in [1.54, 1.807) is 97.1 Å². The van der Waals surface area contributed by atoms with Crippen LogP contribution in [0, 0.1) is 5.41 Å². The molecular formula is C57H54N2O8. The Morgan fingerprint density at radius 1 is 0.403 bits per heavy atom. The third-order valence-corrected chi connectivity index (χ3v) is 12.8. The van der Waals surface area contributed by atoms with Crippen molar-refractivity contribution in [3.05, 3.63) is 215 Å². The standard InChI is InChI=1S/C57H54N2O8/c1-55(2,53(60)58-51(41-33-31-37-19-7-9-21-39(37)35-41)56(62,43-23-11-15-27-47(43)64-3)44-24-12-16-28-48(44)65-4)54(61)59-52(42-34-32-38-20-8-10-22-40(38)36-42)57(63,45-25-13-17-29-49(45)66-5)46-26-14-18-30-50(46)67-6/h7-36,51-52,62-63H,1-6H3,(H,58,60)(H,59,61)/t51-,52-/m1/s1. The molecule has 4 N–H and O–H groups in total. The summed E-state index contributed by atoms with van der Waals surface area (Å²) in [5.41, 5.74) is -3.53. The van der Waals surface area contributed by atoms with Crippen LogP contribution in [0.4, 0.5) is 0 Å². The molecule has 8 rings (SSSR count). The number of carbonyl (C=O) groups excluding carboxylic acids is 2. The summed E-state index contributed by atoms with van der Waals surface area (Å²) in [5, 5.41) is 37.4. The molecule has 2 atom stereocenters. The summed E-state index contributed by atoms with van der Waals surface area (Å²) in [6.45, 7) is 3.03. The fourth-order valence-corrected chi connectivity index (χ4v) is 9.11. The maximum atomic E-state index is 15.4. The Balaban J connectivity index is 1.29. The summed E-state index contributed by atoms with van der Waals surface area (Å²) in [4.78, 5) is 30.8. The summed E-state index contributed by atoms with van der Waals surface area (Å²) < 4.78 is 23.5. The Morgan fingerprint density at radius 3 is 0.970 bits per heavy atom. The molecule has 0 aromatic heterocycles. The van der Waals surface area contributed by atoms with E-state index in [1.807, 2.05) is 84.9 Å². The van der Waals surface area contributed by atoms with Gasteiger partial charge in [-0.25, -0.2) is 0 Å². The second kappa shape index (κ2) is 19.1. The number of benzene rings is 8. The molecule has 0 aliphatic rings. The molecule has 0 aliphatic heterocycles. The van der Waals surface area contributed by atoms with Crippen molar-refractivity contribution in [2.45, 2.75) is 37.1 Å². The van der Waals surface area contributed by atoms with Gasteiger partial charge in [0.1, 0.15) is 39.6 Å². The average Bonchev–Trinajstić information content (AvgIpc) is 3.38. The first-order valence-corrected chi connectivity index (χ1v) is 22.0. The Labute approximate surface area is 390 Å². The molecule has 0 heterocycles. The van der Waals surface area contributed by atoms with E-state index in [0.29, 0.717) is 56.4 Å². The number of fused-ring (bicyclic) bond motifs is 2. The molecular weight excluding hydrogens is 841 g/mol. The largest absolute Gasteiger partial charge is 0.496 e. The van der Waals surface area contributed by atoms with Crippen LogP contribution in [0.5, 0.6) is 23.0 Å². The van der Waals surface area contributed by atoms with Gasteiger partial charge in [0.2, 0.25) is 11.8 Å². The lowest BCUT2D eigenvalue weighted by atomic mass is 9.75. The number of hydrogen-bond donors (Lipinski definition) is 4. The zero-order chi connectivity index (χ0) is 47.3. The van der Waals surface area contributed by atoms with E-state index in [9.17, 15) is 10.2 Å². The maximum Gasteiger partial charge on any atom is 0.235 e. The number of amides is 2. The van der Waals surface area contributed by atoms with E-state index in [4.69, 9.17) is 18.9 Å². The lowest BCUT2D eigenvalue weighted by molar-refractivity contribution is -0.144. The van der Waals surface area contributed by atoms with Gasteiger partial charge in [0.15, 0.2) is 0 Å². The van der Waals surface area contributed by atoms with Gasteiger partial charge in [0, 0.05) is 22.3 Å². The molecule has 8 aromatic rings. The first-order chi connectivity index (χ1) is 32.4. The summed E-state index contributed by atoms with van der Waals surface area (Å²) in [6.07, 6.45) is 0. The average molecular weight is 895 g/mol. The first-order valence-electron chi connectivity index (χ1n) is 22.0. The van der Waals surface area contributed by atoms with Gasteiger partial charge in [0.05, 0.1) is 40.5 Å². The molecule has 0 spiro atoms. The molecule has 340 valence electrons. The van der Waals surface area contributed by atoms with Gasteiger partial charge in [0.25, 0.3) is 0 Å². The van der Waals surface area contributed by atoms with E-state index >= 15 is 9.59 Å². The number of ether oxygens (including phenoxy) is 4. The van der Waals surface area contributed by atoms with Crippen molar-refractivity contribution in [1.29, 1.82) is 0 Å². The van der Waals surface area contributed by atoms with Crippen molar-refractivity contribution >= 4 is 33.4 Å². The van der Waals surface area contributed by atoms with E-state index in [0.717, 1.165) is 21.5 Å². The van der Waals surface area contributed by atoms with E-state index in [2.05, 4.69) is 10.6 Å². The smallest absolute Gasteiger partial charge is 0.235 e. The molecule has 10 heteroatoms. The van der Waals surface area contributed by atoms with Gasteiger partial charge in [-0.15, -0.1) is 0 Å². The van der Waals surface area contributed by atoms with Crippen molar-refractivity contribution in [3.8, 4) is 23.0 Å². The number of aliphatic hydroxyl groups is 2. The van der Waals surface area contributed by atoms with Crippen LogP contribution in [-0.2, 0) is 20.8 Å². The SMILES string of the molecule is COc1ccccc1C(O)(c1ccccc1OC)[C@H](NC(=O)C(C)(C)C(=O)N[C@H](c1ccc2ccccc2c1)C(O)(c1ccccc1OC)c1ccccc1OC)c1ccc2ccccc2c1. The molecule has 0 radical (unpaired) electrons. The maximum absolute atomic E-state index is 15.4.